The third kappa shape index (κ3) is 5.85. The number of anilines is 2. The van der Waals surface area contributed by atoms with Gasteiger partial charge in [-0.2, -0.15) is 18.2 Å². The van der Waals surface area contributed by atoms with E-state index in [1.165, 1.54) is 30.3 Å². The average molecular weight is 833 g/mol. The molecule has 3 aromatic carbocycles. The monoisotopic (exact) mass is 831 g/mol. The number of aromatic nitrogens is 1. The Bertz CT molecular complexity index is 2500. The number of para-hydroxylation sites is 1. The van der Waals surface area contributed by atoms with Crippen LogP contribution < -0.4 is 10.3 Å². The first-order valence-corrected chi connectivity index (χ1v) is 18.7. The van der Waals surface area contributed by atoms with E-state index in [1.807, 2.05) is 0 Å². The number of nitrogens with one attached hydrogen (secondary N) is 1. The van der Waals surface area contributed by atoms with Crippen LogP contribution in [0.3, 0.4) is 0 Å². The van der Waals surface area contributed by atoms with E-state index in [9.17, 15) is 42.8 Å². The molecule has 6 atom stereocenters. The largest absolute Gasteiger partial charge is 0.507 e. The van der Waals surface area contributed by atoms with Gasteiger partial charge in [-0.3, -0.25) is 34.7 Å². The van der Waals surface area contributed by atoms with Gasteiger partial charge >= 0.3 is 6.18 Å². The van der Waals surface area contributed by atoms with Crippen molar-refractivity contribution in [3.8, 4) is 5.75 Å². The Kier molecular flexibility index (Phi) is 9.43. The zero-order valence-corrected chi connectivity index (χ0v) is 31.5. The number of carbonyl (C=O) groups excluding carboxylic acids is 4. The van der Waals surface area contributed by atoms with Crippen LogP contribution in [0.4, 0.5) is 30.4 Å². The summed E-state index contributed by atoms with van der Waals surface area (Å²) in [7, 11) is 0. The fourth-order valence-corrected chi connectivity index (χ4v) is 9.63. The lowest BCUT2D eigenvalue weighted by molar-refractivity contribution is -0.384. The average Bonchev–Trinajstić information content (AvgIpc) is 3.57. The molecule has 4 amide bonds. The Hall–Kier alpha value is -6.06. The van der Waals surface area contributed by atoms with E-state index in [1.54, 1.807) is 42.5 Å². The van der Waals surface area contributed by atoms with E-state index >= 15 is 4.79 Å². The molecule has 2 aliphatic heterocycles. The maximum absolute atomic E-state index is 15.4. The predicted octanol–water partition coefficient (Wildman–Crippen LogP) is 7.94. The number of nitro groups is 1. The number of imide groups is 2. The number of non-ortho nitro benzene ring substituents is 1. The summed E-state index contributed by atoms with van der Waals surface area (Å²) < 4.78 is 40.6. The summed E-state index contributed by atoms with van der Waals surface area (Å²) in [4.78, 5) is 74.6. The van der Waals surface area contributed by atoms with Gasteiger partial charge in [0.2, 0.25) is 11.8 Å². The van der Waals surface area contributed by atoms with E-state index < -0.39 is 86.1 Å². The Balaban J connectivity index is 1.32. The van der Waals surface area contributed by atoms with Crippen molar-refractivity contribution in [2.24, 2.45) is 23.7 Å². The number of nitro benzene ring substituents is 1. The molecule has 2 N–H and O–H groups in total. The number of carbonyl (C=O) groups is 4. The molecule has 0 bridgehead atoms. The van der Waals surface area contributed by atoms with E-state index in [2.05, 4.69) is 17.0 Å². The summed E-state index contributed by atoms with van der Waals surface area (Å²) in [5.74, 6) is -8.91. The van der Waals surface area contributed by atoms with Gasteiger partial charge in [-0.1, -0.05) is 77.3 Å². The first-order valence-electron chi connectivity index (χ1n) is 18.0. The van der Waals surface area contributed by atoms with Gasteiger partial charge in [0.1, 0.15) is 5.75 Å². The molecule has 3 fully saturated rings. The van der Waals surface area contributed by atoms with Crippen molar-refractivity contribution in [2.45, 2.75) is 36.8 Å². The summed E-state index contributed by atoms with van der Waals surface area (Å²) in [6, 6.07) is 16.9. The Morgan fingerprint density at radius 1 is 1.00 bits per heavy atom. The lowest BCUT2D eigenvalue weighted by Crippen LogP contribution is -2.53. The number of benzene rings is 3. The molecule has 2 aliphatic carbocycles. The molecule has 17 heteroatoms. The van der Waals surface area contributed by atoms with Gasteiger partial charge in [0.05, 0.1) is 44.4 Å². The van der Waals surface area contributed by atoms with Crippen molar-refractivity contribution in [2.75, 3.05) is 10.3 Å². The molecule has 296 valence electrons. The lowest BCUT2D eigenvalue weighted by Gasteiger charge is -2.50. The van der Waals surface area contributed by atoms with Crippen LogP contribution in [0.15, 0.2) is 103 Å². The molecule has 1 aromatic heterocycles. The van der Waals surface area contributed by atoms with Crippen LogP contribution in [0.5, 0.6) is 5.75 Å². The summed E-state index contributed by atoms with van der Waals surface area (Å²) in [5, 5.41) is 24.0. The van der Waals surface area contributed by atoms with Crippen molar-refractivity contribution in [1.82, 2.24) is 9.99 Å². The van der Waals surface area contributed by atoms with E-state index in [0.29, 0.717) is 39.0 Å². The molecule has 4 aliphatic rings. The van der Waals surface area contributed by atoms with Crippen molar-refractivity contribution >= 4 is 64.0 Å². The van der Waals surface area contributed by atoms with Crippen LogP contribution >= 0.6 is 23.2 Å². The number of fused-ring (bicyclic) bond motifs is 4. The fourth-order valence-electron chi connectivity index (χ4n) is 9.29. The maximum atomic E-state index is 15.4. The molecular weight excluding hydrogens is 802 g/mol. The quantitative estimate of drug-likeness (QED) is 0.0777. The second-order valence-electron chi connectivity index (χ2n) is 14.6. The van der Waals surface area contributed by atoms with E-state index in [-0.39, 0.29) is 42.0 Å². The minimum Gasteiger partial charge on any atom is -0.507 e. The highest BCUT2D eigenvalue weighted by Gasteiger charge is 2.71. The van der Waals surface area contributed by atoms with E-state index in [0.717, 1.165) is 11.0 Å². The van der Waals surface area contributed by atoms with Gasteiger partial charge in [-0.25, -0.2) is 9.88 Å². The SMILES string of the molecule is C=CCc1cccc([C@H]2C3=CC[C@@H]4C(=O)N(c5cccc([N+](=O)[O-])c5)C(=O)[C@@H]4[C@@H]3C[C@H]3C(=O)N(Nc4ncc(C(F)(F)F)cc4Cl)C(=O)[C@@]23c2ccc(Cl)cc2)c1O. The number of alkyl halides is 3. The van der Waals surface area contributed by atoms with Crippen LogP contribution in [0.25, 0.3) is 0 Å². The highest BCUT2D eigenvalue weighted by atomic mass is 35.5. The fraction of sp³-hybridized carbons (Fsp3) is 0.244. The number of pyridine rings is 1. The molecule has 0 spiro atoms. The van der Waals surface area contributed by atoms with Crippen LogP contribution in [0, 0.1) is 33.8 Å². The molecule has 3 heterocycles. The first kappa shape index (κ1) is 38.8. The number of phenols is 1. The second kappa shape index (κ2) is 14.1. The highest BCUT2D eigenvalue weighted by molar-refractivity contribution is 6.33. The normalized spacial score (nSPS) is 25.3. The number of rotatable bonds is 8. The molecule has 12 nitrogen and oxygen atoms in total. The number of aromatic hydroxyl groups is 1. The summed E-state index contributed by atoms with van der Waals surface area (Å²) in [6.45, 7) is 3.78. The van der Waals surface area contributed by atoms with Crippen molar-refractivity contribution in [3.63, 3.8) is 0 Å². The summed E-state index contributed by atoms with van der Waals surface area (Å²) in [5.41, 5.74) is 0.680. The molecule has 2 saturated heterocycles. The molecule has 1 saturated carbocycles. The maximum Gasteiger partial charge on any atom is 0.417 e. The number of halogens is 5. The standard InChI is InChI=1S/C41H30Cl2F3N5O7/c1-2-5-20-6-3-9-28(34(20)52)33-26-14-15-27-32(38(55)49(36(27)53)24-7-4-8-25(17-24)51(57)58)29(26)18-30-37(54)50(39(56)40(30,33)21-10-12-23(42)13-11-21)48-35-31(43)16-22(19-47-35)41(44,45)46/h2-4,6-14,16-17,19,27,29-30,32-33,52H,1,5,15,18H2,(H,47,48)/t27-,29+,30-,32-,33+,40+/m0/s1. The van der Waals surface area contributed by atoms with Gasteiger partial charge in [-0.15, -0.1) is 6.58 Å². The minimum absolute atomic E-state index is 0.00112. The number of hydrazine groups is 1. The number of amides is 4. The highest BCUT2D eigenvalue weighted by Crippen LogP contribution is 2.65. The molecule has 0 radical (unpaired) electrons. The molecule has 0 unspecified atom stereocenters. The summed E-state index contributed by atoms with van der Waals surface area (Å²) >= 11 is 12.6. The predicted molar refractivity (Wildman–Crippen MR) is 204 cm³/mol. The number of hydrogen-bond donors (Lipinski definition) is 2. The van der Waals surface area contributed by atoms with Crippen LogP contribution in [0.1, 0.15) is 41.0 Å². The number of allylic oxidation sites excluding steroid dienone is 3. The van der Waals surface area contributed by atoms with Gasteiger partial charge in [0.15, 0.2) is 5.82 Å². The molecule has 4 aromatic rings. The van der Waals surface area contributed by atoms with Gasteiger partial charge in [-0.05, 0) is 60.6 Å². The van der Waals surface area contributed by atoms with Crippen LogP contribution in [-0.2, 0) is 37.2 Å². The Labute approximate surface area is 337 Å². The second-order valence-corrected chi connectivity index (χ2v) is 15.4. The zero-order chi connectivity index (χ0) is 41.4. The number of phenolic OH excluding ortho intramolecular Hbond substituents is 1. The smallest absolute Gasteiger partial charge is 0.417 e. The van der Waals surface area contributed by atoms with Gasteiger partial charge in [0, 0.05) is 34.8 Å². The zero-order valence-electron chi connectivity index (χ0n) is 30.0. The molecule has 58 heavy (non-hydrogen) atoms. The first-order chi connectivity index (χ1) is 27.6. The summed E-state index contributed by atoms with van der Waals surface area (Å²) in [6.07, 6.45) is -0.877. The van der Waals surface area contributed by atoms with Crippen LogP contribution in [0.2, 0.25) is 10.0 Å². The van der Waals surface area contributed by atoms with Gasteiger partial charge in [0.25, 0.3) is 17.5 Å². The topological polar surface area (TPSA) is 163 Å². The lowest BCUT2D eigenvalue weighted by atomic mass is 9.49. The van der Waals surface area contributed by atoms with Crippen LogP contribution in [-0.4, -0.2) is 43.7 Å². The third-order valence-corrected chi connectivity index (χ3v) is 12.2. The molecular formula is C41H30Cl2F3N5O7. The minimum atomic E-state index is -4.79. The van der Waals surface area contributed by atoms with Crippen molar-refractivity contribution in [1.29, 1.82) is 0 Å². The number of hydrogen-bond acceptors (Lipinski definition) is 9. The third-order valence-electron chi connectivity index (χ3n) is 11.7. The number of nitrogens with zero attached hydrogens (tertiary/aromatic N) is 4. The Morgan fingerprint density at radius 3 is 2.40 bits per heavy atom. The van der Waals surface area contributed by atoms with E-state index in [4.69, 9.17) is 23.2 Å². The molecule has 8 rings (SSSR count). The Morgan fingerprint density at radius 2 is 1.72 bits per heavy atom. The van der Waals surface area contributed by atoms with Gasteiger partial charge < -0.3 is 5.11 Å². The van der Waals surface area contributed by atoms with Crippen molar-refractivity contribution in [3.05, 3.63) is 146 Å². The van der Waals surface area contributed by atoms with Crippen molar-refractivity contribution < 1.29 is 42.4 Å².